The molecule has 178 valence electrons. The third-order valence-corrected chi connectivity index (χ3v) is 6.99. The molecule has 1 atom stereocenters. The van der Waals surface area contributed by atoms with Crippen molar-refractivity contribution in [3.63, 3.8) is 0 Å². The molecule has 1 aliphatic rings. The number of carbonyl (C=O) groups excluding carboxylic acids is 2. The van der Waals surface area contributed by atoms with Gasteiger partial charge in [0.15, 0.2) is 0 Å². The molecule has 0 aliphatic heterocycles. The van der Waals surface area contributed by atoms with Crippen LogP contribution in [0.5, 0.6) is 0 Å². The van der Waals surface area contributed by atoms with Crippen LogP contribution in [-0.4, -0.2) is 50.0 Å². The predicted octanol–water partition coefficient (Wildman–Crippen LogP) is 3.07. The van der Waals surface area contributed by atoms with E-state index < -0.39 is 34.3 Å². The molecule has 0 heterocycles. The molecular formula is C24H30FN3O4S. The monoisotopic (exact) mass is 475 g/mol. The van der Waals surface area contributed by atoms with Gasteiger partial charge in [0.05, 0.1) is 11.9 Å². The highest BCUT2D eigenvalue weighted by atomic mass is 32.2. The van der Waals surface area contributed by atoms with Crippen LogP contribution in [0.25, 0.3) is 0 Å². The van der Waals surface area contributed by atoms with E-state index in [1.165, 1.54) is 23.1 Å². The van der Waals surface area contributed by atoms with Crippen LogP contribution in [0.1, 0.15) is 38.2 Å². The van der Waals surface area contributed by atoms with E-state index in [4.69, 9.17) is 0 Å². The van der Waals surface area contributed by atoms with Gasteiger partial charge in [-0.05, 0) is 37.5 Å². The number of nitrogens with one attached hydrogen (secondary N) is 1. The molecule has 0 bridgehead atoms. The number of anilines is 1. The molecule has 33 heavy (non-hydrogen) atoms. The Hall–Kier alpha value is -2.94. The van der Waals surface area contributed by atoms with Gasteiger partial charge in [-0.25, -0.2) is 12.8 Å². The van der Waals surface area contributed by atoms with Crippen molar-refractivity contribution in [1.82, 2.24) is 10.2 Å². The Morgan fingerprint density at radius 3 is 2.27 bits per heavy atom. The van der Waals surface area contributed by atoms with Crippen molar-refractivity contribution in [2.24, 2.45) is 0 Å². The summed E-state index contributed by atoms with van der Waals surface area (Å²) in [4.78, 5) is 27.7. The van der Waals surface area contributed by atoms with Crippen LogP contribution in [0.2, 0.25) is 0 Å². The van der Waals surface area contributed by atoms with E-state index >= 15 is 0 Å². The smallest absolute Gasteiger partial charge is 0.244 e. The van der Waals surface area contributed by atoms with Gasteiger partial charge >= 0.3 is 0 Å². The average Bonchev–Trinajstić information content (AvgIpc) is 3.29. The van der Waals surface area contributed by atoms with Crippen LogP contribution in [-0.2, 0) is 26.2 Å². The highest BCUT2D eigenvalue weighted by Gasteiger charge is 2.32. The van der Waals surface area contributed by atoms with Gasteiger partial charge in [-0.15, -0.1) is 0 Å². The van der Waals surface area contributed by atoms with Crippen molar-refractivity contribution in [2.45, 2.75) is 51.2 Å². The molecule has 1 fully saturated rings. The van der Waals surface area contributed by atoms with Crippen LogP contribution < -0.4 is 9.62 Å². The van der Waals surface area contributed by atoms with Gasteiger partial charge in [-0.1, -0.05) is 55.3 Å². The first kappa shape index (κ1) is 24.7. The molecule has 3 rings (SSSR count). The largest absolute Gasteiger partial charge is 0.352 e. The van der Waals surface area contributed by atoms with Crippen LogP contribution >= 0.6 is 0 Å². The Balaban J connectivity index is 1.86. The van der Waals surface area contributed by atoms with E-state index in [2.05, 4.69) is 5.32 Å². The predicted molar refractivity (Wildman–Crippen MR) is 125 cm³/mol. The lowest BCUT2D eigenvalue weighted by Crippen LogP contribution is -2.52. The number of carbonyl (C=O) groups is 2. The number of amides is 2. The topological polar surface area (TPSA) is 86.8 Å². The molecular weight excluding hydrogens is 445 g/mol. The standard InChI is InChI=1S/C24H30FN3O4S/c1-18(24(30)26-20-12-6-7-13-20)27(16-19-10-4-3-5-11-19)23(29)17-28(33(2,31)32)22-15-9-8-14-21(22)25/h3-5,8-11,14-15,18,20H,6-7,12-13,16-17H2,1-2H3,(H,26,30). The van der Waals surface area contributed by atoms with Crippen LogP contribution in [0, 0.1) is 5.82 Å². The molecule has 0 spiro atoms. The Morgan fingerprint density at radius 1 is 1.06 bits per heavy atom. The van der Waals surface area contributed by atoms with Gasteiger partial charge < -0.3 is 10.2 Å². The molecule has 2 aromatic rings. The van der Waals surface area contributed by atoms with Crippen LogP contribution in [0.15, 0.2) is 54.6 Å². The fourth-order valence-electron chi connectivity index (χ4n) is 4.00. The minimum absolute atomic E-state index is 0.0829. The second-order valence-electron chi connectivity index (χ2n) is 8.39. The number of sulfonamides is 1. The highest BCUT2D eigenvalue weighted by molar-refractivity contribution is 7.92. The van der Waals surface area contributed by atoms with Gasteiger partial charge in [0, 0.05) is 12.6 Å². The zero-order valence-electron chi connectivity index (χ0n) is 18.9. The second-order valence-corrected chi connectivity index (χ2v) is 10.3. The average molecular weight is 476 g/mol. The number of para-hydroxylation sites is 1. The molecule has 2 aromatic carbocycles. The van der Waals surface area contributed by atoms with Crippen molar-refractivity contribution in [3.8, 4) is 0 Å². The zero-order chi connectivity index (χ0) is 24.0. The third-order valence-electron chi connectivity index (χ3n) is 5.86. The number of nitrogens with zero attached hydrogens (tertiary/aromatic N) is 2. The minimum atomic E-state index is -3.96. The summed E-state index contributed by atoms with van der Waals surface area (Å²) in [7, 11) is -3.96. The maximum absolute atomic E-state index is 14.4. The zero-order valence-corrected chi connectivity index (χ0v) is 19.7. The van der Waals surface area contributed by atoms with Crippen LogP contribution in [0.3, 0.4) is 0 Å². The van der Waals surface area contributed by atoms with Gasteiger partial charge in [-0.3, -0.25) is 13.9 Å². The lowest BCUT2D eigenvalue weighted by Gasteiger charge is -2.32. The van der Waals surface area contributed by atoms with Gasteiger partial charge in [-0.2, -0.15) is 0 Å². The summed E-state index contributed by atoms with van der Waals surface area (Å²) >= 11 is 0. The lowest BCUT2D eigenvalue weighted by atomic mass is 10.1. The Labute approximate surface area is 194 Å². The molecule has 1 N–H and O–H groups in total. The number of hydrogen-bond donors (Lipinski definition) is 1. The van der Waals surface area contributed by atoms with Gasteiger partial charge in [0.2, 0.25) is 21.8 Å². The Kier molecular flexibility index (Phi) is 8.07. The van der Waals surface area contributed by atoms with E-state index in [1.807, 2.05) is 30.3 Å². The normalized spacial score (nSPS) is 15.1. The van der Waals surface area contributed by atoms with Crippen molar-refractivity contribution in [2.75, 3.05) is 17.1 Å². The fourth-order valence-corrected chi connectivity index (χ4v) is 4.85. The molecule has 1 unspecified atom stereocenters. The summed E-state index contributed by atoms with van der Waals surface area (Å²) in [6, 6.07) is 13.8. The molecule has 7 nitrogen and oxygen atoms in total. The third kappa shape index (κ3) is 6.54. The van der Waals surface area contributed by atoms with Crippen molar-refractivity contribution >= 4 is 27.5 Å². The van der Waals surface area contributed by atoms with E-state index in [0.29, 0.717) is 0 Å². The summed E-state index contributed by atoms with van der Waals surface area (Å²) in [6.07, 6.45) is 4.83. The number of halogens is 1. The summed E-state index contributed by atoms with van der Waals surface area (Å²) in [5.74, 6) is -1.64. The quantitative estimate of drug-likeness (QED) is 0.604. The van der Waals surface area contributed by atoms with Crippen molar-refractivity contribution < 1.29 is 22.4 Å². The van der Waals surface area contributed by atoms with Gasteiger partial charge in [0.1, 0.15) is 18.4 Å². The first-order valence-electron chi connectivity index (χ1n) is 11.0. The minimum Gasteiger partial charge on any atom is -0.352 e. The van der Waals surface area contributed by atoms with E-state index in [1.54, 1.807) is 6.92 Å². The van der Waals surface area contributed by atoms with Gasteiger partial charge in [0.25, 0.3) is 0 Å². The fraction of sp³-hybridized carbons (Fsp3) is 0.417. The first-order chi connectivity index (χ1) is 15.7. The number of benzene rings is 2. The number of rotatable bonds is 9. The molecule has 1 saturated carbocycles. The number of hydrogen-bond acceptors (Lipinski definition) is 4. The maximum atomic E-state index is 14.4. The van der Waals surface area contributed by atoms with Crippen molar-refractivity contribution in [3.05, 3.63) is 66.0 Å². The summed E-state index contributed by atoms with van der Waals surface area (Å²) in [6.45, 7) is 1.13. The molecule has 1 aliphatic carbocycles. The highest BCUT2D eigenvalue weighted by Crippen LogP contribution is 2.23. The van der Waals surface area contributed by atoms with E-state index in [-0.39, 0.29) is 24.2 Å². The summed E-state index contributed by atoms with van der Waals surface area (Å²) in [5, 5.41) is 3.00. The Bertz CT molecular complexity index is 1070. The van der Waals surface area contributed by atoms with E-state index in [0.717, 1.165) is 47.9 Å². The summed E-state index contributed by atoms with van der Waals surface area (Å²) < 4.78 is 40.0. The first-order valence-corrected chi connectivity index (χ1v) is 12.9. The van der Waals surface area contributed by atoms with Crippen LogP contribution in [0.4, 0.5) is 10.1 Å². The molecule has 0 radical (unpaired) electrons. The second kappa shape index (κ2) is 10.8. The molecule has 0 saturated heterocycles. The summed E-state index contributed by atoms with van der Waals surface area (Å²) in [5.41, 5.74) is 0.583. The molecule has 0 aromatic heterocycles. The molecule has 2 amide bonds. The lowest BCUT2D eigenvalue weighted by molar-refractivity contribution is -0.139. The Morgan fingerprint density at radius 2 is 1.67 bits per heavy atom. The molecule has 9 heteroatoms. The van der Waals surface area contributed by atoms with E-state index in [9.17, 15) is 22.4 Å². The SMILES string of the molecule is CC(C(=O)NC1CCCC1)N(Cc1ccccc1)C(=O)CN(c1ccccc1F)S(C)(=O)=O. The maximum Gasteiger partial charge on any atom is 0.244 e. The van der Waals surface area contributed by atoms with Crippen molar-refractivity contribution in [1.29, 1.82) is 0 Å².